The van der Waals surface area contributed by atoms with E-state index in [4.69, 9.17) is 4.74 Å². The Morgan fingerprint density at radius 1 is 1.33 bits per heavy atom. The maximum atomic E-state index is 11.9. The molecule has 1 aromatic heterocycles. The molecule has 1 aromatic rings. The van der Waals surface area contributed by atoms with Gasteiger partial charge in [0.1, 0.15) is 16.0 Å². The number of hydrogen-bond acceptors (Lipinski definition) is 5. The smallest absolute Gasteiger partial charge is 0.263 e. The van der Waals surface area contributed by atoms with Gasteiger partial charge < -0.3 is 15.4 Å². The molecule has 0 saturated heterocycles. The van der Waals surface area contributed by atoms with Crippen LogP contribution in [0.2, 0.25) is 0 Å². The number of carbonyl (C=O) groups excluding carboxylic acids is 1. The lowest BCUT2D eigenvalue weighted by atomic mass is 10.4. The first-order valence-corrected chi connectivity index (χ1v) is 7.56. The molecule has 0 aliphatic rings. The van der Waals surface area contributed by atoms with Gasteiger partial charge in [-0.15, -0.1) is 36.2 Å². The van der Waals surface area contributed by atoms with Crippen LogP contribution in [0.1, 0.15) is 48.0 Å². The summed E-state index contributed by atoms with van der Waals surface area (Å²) in [6.07, 6.45) is 2.66. The van der Waals surface area contributed by atoms with Crippen molar-refractivity contribution < 1.29 is 9.53 Å². The fourth-order valence-corrected chi connectivity index (χ4v) is 2.39. The minimum absolute atomic E-state index is 0. The van der Waals surface area contributed by atoms with Gasteiger partial charge in [-0.25, -0.2) is 4.98 Å². The lowest BCUT2D eigenvalue weighted by molar-refractivity contribution is 0.0762. The molecule has 5 nitrogen and oxygen atoms in total. The predicted molar refractivity (Wildman–Crippen MR) is 92.1 cm³/mol. The van der Waals surface area contributed by atoms with Gasteiger partial charge in [0, 0.05) is 19.7 Å². The number of nitrogens with zero attached hydrogens (tertiary/aromatic N) is 1. The van der Waals surface area contributed by atoms with Crippen molar-refractivity contribution in [1.82, 2.24) is 15.6 Å². The summed E-state index contributed by atoms with van der Waals surface area (Å²) >= 11 is 1.39. The fourth-order valence-electron chi connectivity index (χ4n) is 1.56. The molecular formula is C13H25Cl2N3O2S. The van der Waals surface area contributed by atoms with E-state index in [2.05, 4.69) is 22.5 Å². The Morgan fingerprint density at radius 2 is 2.05 bits per heavy atom. The number of thiazole rings is 1. The van der Waals surface area contributed by atoms with Crippen LogP contribution in [-0.4, -0.2) is 37.1 Å². The van der Waals surface area contributed by atoms with Gasteiger partial charge in [0.05, 0.1) is 6.20 Å². The molecule has 2 N–H and O–H groups in total. The largest absolute Gasteiger partial charge is 0.372 e. The van der Waals surface area contributed by atoms with E-state index in [0.717, 1.165) is 24.5 Å². The highest BCUT2D eigenvalue weighted by atomic mass is 35.5. The van der Waals surface area contributed by atoms with Crippen LogP contribution in [0.4, 0.5) is 0 Å². The van der Waals surface area contributed by atoms with Crippen molar-refractivity contribution in [3.63, 3.8) is 0 Å². The molecule has 1 rings (SSSR count). The summed E-state index contributed by atoms with van der Waals surface area (Å²) in [5.41, 5.74) is 0. The summed E-state index contributed by atoms with van der Waals surface area (Å²) in [7, 11) is 0. The molecule has 1 amide bonds. The van der Waals surface area contributed by atoms with Crippen molar-refractivity contribution in [2.24, 2.45) is 0 Å². The van der Waals surface area contributed by atoms with E-state index < -0.39 is 0 Å². The molecule has 0 aromatic carbocycles. The van der Waals surface area contributed by atoms with Crippen LogP contribution in [0, 0.1) is 0 Å². The van der Waals surface area contributed by atoms with Gasteiger partial charge in [0.2, 0.25) is 0 Å². The number of aromatic nitrogens is 1. The van der Waals surface area contributed by atoms with E-state index in [1.807, 2.05) is 13.8 Å². The summed E-state index contributed by atoms with van der Waals surface area (Å²) in [6.45, 7) is 9.05. The van der Waals surface area contributed by atoms with Crippen LogP contribution >= 0.6 is 36.2 Å². The van der Waals surface area contributed by atoms with Crippen molar-refractivity contribution >= 4 is 42.1 Å². The molecule has 8 heteroatoms. The maximum absolute atomic E-state index is 11.9. The van der Waals surface area contributed by atoms with E-state index >= 15 is 0 Å². The first-order chi connectivity index (χ1) is 9.19. The molecule has 1 atom stereocenters. The van der Waals surface area contributed by atoms with Gasteiger partial charge in [-0.05, 0) is 26.8 Å². The Labute approximate surface area is 143 Å². The second-order valence-electron chi connectivity index (χ2n) is 4.17. The first kappa shape index (κ1) is 22.9. The predicted octanol–water partition coefficient (Wildman–Crippen LogP) is 2.81. The fraction of sp³-hybridized carbons (Fsp3) is 0.692. The monoisotopic (exact) mass is 357 g/mol. The average Bonchev–Trinajstić information content (AvgIpc) is 2.88. The molecule has 0 radical (unpaired) electrons. The molecule has 1 heterocycles. The molecule has 0 aliphatic heterocycles. The zero-order valence-electron chi connectivity index (χ0n) is 12.7. The summed E-state index contributed by atoms with van der Waals surface area (Å²) in [5, 5.41) is 6.95. The Hall–Kier alpha value is -0.400. The van der Waals surface area contributed by atoms with Gasteiger partial charge in [-0.2, -0.15) is 0 Å². The minimum Gasteiger partial charge on any atom is -0.372 e. The number of carbonyl (C=O) groups is 1. The quantitative estimate of drug-likeness (QED) is 0.667. The average molecular weight is 358 g/mol. The van der Waals surface area contributed by atoms with Gasteiger partial charge in [0.15, 0.2) is 0 Å². The molecule has 0 bridgehead atoms. The van der Waals surface area contributed by atoms with Crippen LogP contribution in [0.15, 0.2) is 6.20 Å². The highest BCUT2D eigenvalue weighted by Crippen LogP contribution is 2.22. The SMILES string of the molecule is CCCNCCNC(=O)c1cnc(C(C)OCC)s1.Cl.Cl. The normalized spacial score (nSPS) is 11.2. The van der Waals surface area contributed by atoms with Crippen molar-refractivity contribution in [2.75, 3.05) is 26.2 Å². The maximum Gasteiger partial charge on any atom is 0.263 e. The van der Waals surface area contributed by atoms with Crippen LogP contribution in [-0.2, 0) is 4.74 Å². The minimum atomic E-state index is -0.0641. The number of rotatable bonds is 9. The zero-order chi connectivity index (χ0) is 14.1. The van der Waals surface area contributed by atoms with Crippen LogP contribution in [0.25, 0.3) is 0 Å². The van der Waals surface area contributed by atoms with E-state index in [0.29, 0.717) is 18.0 Å². The highest BCUT2D eigenvalue weighted by Gasteiger charge is 2.14. The topological polar surface area (TPSA) is 63.2 Å². The Kier molecular flexibility index (Phi) is 14.5. The van der Waals surface area contributed by atoms with Crippen LogP contribution < -0.4 is 10.6 Å². The van der Waals surface area contributed by atoms with Crippen LogP contribution in [0.5, 0.6) is 0 Å². The van der Waals surface area contributed by atoms with E-state index in [9.17, 15) is 4.79 Å². The second kappa shape index (κ2) is 13.3. The third kappa shape index (κ3) is 8.58. The number of amides is 1. The highest BCUT2D eigenvalue weighted by molar-refractivity contribution is 7.13. The summed E-state index contributed by atoms with van der Waals surface area (Å²) in [6, 6.07) is 0. The molecule has 0 spiro atoms. The van der Waals surface area contributed by atoms with Gasteiger partial charge in [-0.1, -0.05) is 6.92 Å². The number of nitrogens with one attached hydrogen (secondary N) is 2. The third-order valence-corrected chi connectivity index (χ3v) is 3.68. The van der Waals surface area contributed by atoms with Crippen molar-refractivity contribution in [1.29, 1.82) is 0 Å². The Bertz CT molecular complexity index is 391. The zero-order valence-corrected chi connectivity index (χ0v) is 15.1. The molecule has 21 heavy (non-hydrogen) atoms. The summed E-state index contributed by atoms with van der Waals surface area (Å²) in [4.78, 5) is 16.7. The molecule has 0 aliphatic carbocycles. The van der Waals surface area contributed by atoms with Crippen molar-refractivity contribution in [2.45, 2.75) is 33.3 Å². The van der Waals surface area contributed by atoms with Gasteiger partial charge in [-0.3, -0.25) is 4.79 Å². The molecule has 0 saturated carbocycles. The molecular weight excluding hydrogens is 333 g/mol. The molecule has 0 fully saturated rings. The lowest BCUT2D eigenvalue weighted by Crippen LogP contribution is -2.31. The van der Waals surface area contributed by atoms with Crippen LogP contribution in [0.3, 0.4) is 0 Å². The number of halogens is 2. The third-order valence-electron chi connectivity index (χ3n) is 2.53. The number of hydrogen-bond donors (Lipinski definition) is 2. The first-order valence-electron chi connectivity index (χ1n) is 6.75. The van der Waals surface area contributed by atoms with E-state index in [-0.39, 0.29) is 36.8 Å². The Balaban J connectivity index is 0. The number of ether oxygens (including phenoxy) is 1. The van der Waals surface area contributed by atoms with E-state index in [1.165, 1.54) is 11.3 Å². The standard InChI is InChI=1S/C13H23N3O2S.2ClH/c1-4-6-14-7-8-15-12(17)11-9-16-13(19-11)10(3)18-5-2;;/h9-10,14H,4-8H2,1-3H3,(H,15,17);2*1H. The summed E-state index contributed by atoms with van der Waals surface area (Å²) in [5.74, 6) is -0.0641. The van der Waals surface area contributed by atoms with Gasteiger partial charge >= 0.3 is 0 Å². The van der Waals surface area contributed by atoms with Crippen molar-refractivity contribution in [3.8, 4) is 0 Å². The molecule has 1 unspecified atom stereocenters. The lowest BCUT2D eigenvalue weighted by Gasteiger charge is -2.07. The summed E-state index contributed by atoms with van der Waals surface area (Å²) < 4.78 is 5.45. The molecule has 124 valence electrons. The van der Waals surface area contributed by atoms with Gasteiger partial charge in [0.25, 0.3) is 5.91 Å². The van der Waals surface area contributed by atoms with E-state index in [1.54, 1.807) is 6.20 Å². The Morgan fingerprint density at radius 3 is 2.67 bits per heavy atom. The van der Waals surface area contributed by atoms with Crippen molar-refractivity contribution in [3.05, 3.63) is 16.1 Å². The second-order valence-corrected chi connectivity index (χ2v) is 5.23.